The summed E-state index contributed by atoms with van der Waals surface area (Å²) < 4.78 is 20.5. The van der Waals surface area contributed by atoms with Crippen LogP contribution in [0.5, 0.6) is 0 Å². The van der Waals surface area contributed by atoms with E-state index >= 15 is 0 Å². The van der Waals surface area contributed by atoms with Crippen LogP contribution in [0.1, 0.15) is 67.2 Å². The standard InChI is InChI=1S/C24H42FN5OS/c1-7-19(8-2)20-15-16(4)28-30(18(20)6)22(17(5)26)23(24(25)27)32-21(9-3)29-11-10-13-31-14-12-29/h15,18-19,21H,7-14,26-27H2,1-6H3/b22-17-,24-23-. The molecule has 2 aliphatic rings. The zero-order chi connectivity index (χ0) is 23.8. The zero-order valence-electron chi connectivity index (χ0n) is 20.7. The van der Waals surface area contributed by atoms with Crippen molar-refractivity contribution in [3.63, 3.8) is 0 Å². The first-order valence-corrected chi connectivity index (χ1v) is 12.8. The average molecular weight is 468 g/mol. The largest absolute Gasteiger partial charge is 0.401 e. The van der Waals surface area contributed by atoms with Crippen LogP contribution in [0.25, 0.3) is 0 Å². The van der Waals surface area contributed by atoms with Crippen molar-refractivity contribution in [2.45, 2.75) is 78.6 Å². The molecule has 2 rings (SSSR count). The van der Waals surface area contributed by atoms with Gasteiger partial charge in [-0.1, -0.05) is 20.8 Å². The van der Waals surface area contributed by atoms with E-state index in [-0.39, 0.29) is 11.4 Å². The molecule has 2 heterocycles. The van der Waals surface area contributed by atoms with Gasteiger partial charge in [0.2, 0.25) is 5.95 Å². The third-order valence-corrected chi connectivity index (χ3v) is 7.78. The molecule has 32 heavy (non-hydrogen) atoms. The molecule has 0 aromatic carbocycles. The zero-order valence-corrected chi connectivity index (χ0v) is 21.5. The van der Waals surface area contributed by atoms with Gasteiger partial charge in [0.15, 0.2) is 0 Å². The van der Waals surface area contributed by atoms with Gasteiger partial charge in [0, 0.05) is 25.4 Å². The van der Waals surface area contributed by atoms with Crippen LogP contribution in [0.2, 0.25) is 0 Å². The number of thioether (sulfide) groups is 1. The fourth-order valence-corrected chi connectivity index (χ4v) is 5.82. The van der Waals surface area contributed by atoms with Gasteiger partial charge >= 0.3 is 0 Å². The van der Waals surface area contributed by atoms with Gasteiger partial charge in [0.1, 0.15) is 0 Å². The van der Waals surface area contributed by atoms with Crippen molar-refractivity contribution >= 4 is 17.5 Å². The smallest absolute Gasteiger partial charge is 0.200 e. The summed E-state index contributed by atoms with van der Waals surface area (Å²) in [4.78, 5) is 2.73. The summed E-state index contributed by atoms with van der Waals surface area (Å²) in [5, 5.41) is 6.74. The summed E-state index contributed by atoms with van der Waals surface area (Å²) in [6, 6.07) is -0.0290. The fourth-order valence-electron chi connectivity index (χ4n) is 4.55. The topological polar surface area (TPSA) is 80.1 Å². The highest BCUT2D eigenvalue weighted by Crippen LogP contribution is 2.40. The Kier molecular flexibility index (Phi) is 10.6. The monoisotopic (exact) mass is 467 g/mol. The molecule has 182 valence electrons. The molecule has 1 fully saturated rings. The fraction of sp³-hybridized carbons (Fsp3) is 0.708. The van der Waals surface area contributed by atoms with Gasteiger partial charge in [0.25, 0.3) is 0 Å². The number of rotatable bonds is 9. The van der Waals surface area contributed by atoms with E-state index in [2.05, 4.69) is 38.7 Å². The van der Waals surface area contributed by atoms with Gasteiger partial charge in [-0.2, -0.15) is 9.49 Å². The molecule has 8 heteroatoms. The van der Waals surface area contributed by atoms with Crippen molar-refractivity contribution in [1.29, 1.82) is 0 Å². The van der Waals surface area contributed by atoms with Crippen LogP contribution in [-0.4, -0.2) is 53.3 Å². The highest BCUT2D eigenvalue weighted by Gasteiger charge is 2.33. The van der Waals surface area contributed by atoms with Gasteiger partial charge in [-0.3, -0.25) is 9.91 Å². The number of hydrogen-bond acceptors (Lipinski definition) is 7. The molecule has 0 aromatic heterocycles. The Hall–Kier alpha value is -1.51. The maximum Gasteiger partial charge on any atom is 0.200 e. The third-order valence-electron chi connectivity index (χ3n) is 6.25. The maximum atomic E-state index is 14.9. The lowest BCUT2D eigenvalue weighted by atomic mass is 9.87. The maximum absolute atomic E-state index is 14.9. The molecule has 0 amide bonds. The van der Waals surface area contributed by atoms with Crippen molar-refractivity contribution in [2.24, 2.45) is 22.5 Å². The summed E-state index contributed by atoms with van der Waals surface area (Å²) in [5.74, 6) is -0.265. The minimum absolute atomic E-state index is 0.0290. The number of allylic oxidation sites excluding steroid dienone is 2. The van der Waals surface area contributed by atoms with Gasteiger partial charge in [-0.15, -0.1) is 11.8 Å². The summed E-state index contributed by atoms with van der Waals surface area (Å²) in [5.41, 5.74) is 15.5. The van der Waals surface area contributed by atoms with Crippen molar-refractivity contribution in [2.75, 3.05) is 26.3 Å². The molecule has 1 saturated heterocycles. The third kappa shape index (κ3) is 6.51. The Balaban J connectivity index is 2.41. The molecular weight excluding hydrogens is 425 g/mol. The first-order chi connectivity index (χ1) is 15.2. The minimum Gasteiger partial charge on any atom is -0.401 e. The molecule has 0 aromatic rings. The predicted molar refractivity (Wildman–Crippen MR) is 134 cm³/mol. The number of halogens is 1. The highest BCUT2D eigenvalue weighted by atomic mass is 32.2. The average Bonchev–Trinajstić information content (AvgIpc) is 3.03. The van der Waals surface area contributed by atoms with Crippen LogP contribution >= 0.6 is 11.8 Å². The second-order valence-electron chi connectivity index (χ2n) is 8.61. The molecular formula is C24H42FN5OS. The summed E-state index contributed by atoms with van der Waals surface area (Å²) in [6.07, 6.45) is 6.09. The van der Waals surface area contributed by atoms with Crippen LogP contribution < -0.4 is 11.5 Å². The van der Waals surface area contributed by atoms with Crippen molar-refractivity contribution < 1.29 is 9.13 Å². The van der Waals surface area contributed by atoms with Crippen LogP contribution in [-0.2, 0) is 4.74 Å². The lowest BCUT2D eigenvalue weighted by Gasteiger charge is -2.38. The van der Waals surface area contributed by atoms with Crippen LogP contribution in [0, 0.1) is 5.92 Å². The van der Waals surface area contributed by atoms with Crippen molar-refractivity contribution in [1.82, 2.24) is 9.91 Å². The quantitative estimate of drug-likeness (QED) is 0.371. The van der Waals surface area contributed by atoms with E-state index in [1.807, 2.05) is 11.9 Å². The first kappa shape index (κ1) is 26.7. The second kappa shape index (κ2) is 12.7. The van der Waals surface area contributed by atoms with E-state index < -0.39 is 5.95 Å². The Morgan fingerprint density at radius 3 is 2.47 bits per heavy atom. The lowest BCUT2D eigenvalue weighted by molar-refractivity contribution is 0.139. The first-order valence-electron chi connectivity index (χ1n) is 11.9. The molecule has 4 N–H and O–H groups in total. The number of hydrogen-bond donors (Lipinski definition) is 2. The second-order valence-corrected chi connectivity index (χ2v) is 9.80. The van der Waals surface area contributed by atoms with Crippen LogP contribution in [0.3, 0.4) is 0 Å². The van der Waals surface area contributed by atoms with E-state index in [9.17, 15) is 4.39 Å². The molecule has 0 radical (unpaired) electrons. The molecule has 2 unspecified atom stereocenters. The molecule has 0 bridgehead atoms. The Morgan fingerprint density at radius 2 is 1.91 bits per heavy atom. The molecule has 2 atom stereocenters. The minimum atomic E-state index is -0.710. The van der Waals surface area contributed by atoms with Gasteiger partial charge in [-0.25, -0.2) is 0 Å². The van der Waals surface area contributed by atoms with E-state index in [4.69, 9.17) is 21.3 Å². The molecule has 0 spiro atoms. The number of nitrogens with zero attached hydrogens (tertiary/aromatic N) is 3. The van der Waals surface area contributed by atoms with E-state index in [1.54, 1.807) is 6.92 Å². The summed E-state index contributed by atoms with van der Waals surface area (Å²) in [6.45, 7) is 15.6. The molecule has 2 aliphatic heterocycles. The van der Waals surface area contributed by atoms with E-state index in [0.717, 1.165) is 51.1 Å². The number of nitrogens with two attached hydrogens (primary N) is 2. The van der Waals surface area contributed by atoms with Gasteiger partial charge < -0.3 is 16.2 Å². The van der Waals surface area contributed by atoms with E-state index in [0.29, 0.717) is 28.8 Å². The number of ether oxygens (including phenoxy) is 1. The normalized spacial score (nSPS) is 23.2. The summed E-state index contributed by atoms with van der Waals surface area (Å²) >= 11 is 1.45. The molecule has 0 saturated carbocycles. The highest BCUT2D eigenvalue weighted by molar-refractivity contribution is 8.03. The molecule has 0 aliphatic carbocycles. The van der Waals surface area contributed by atoms with E-state index in [1.165, 1.54) is 17.3 Å². The Morgan fingerprint density at radius 1 is 1.22 bits per heavy atom. The Bertz CT molecular complexity index is 743. The predicted octanol–water partition coefficient (Wildman–Crippen LogP) is 4.91. The number of hydrazone groups is 1. The van der Waals surface area contributed by atoms with Gasteiger partial charge in [0.05, 0.1) is 34.3 Å². The summed E-state index contributed by atoms with van der Waals surface area (Å²) in [7, 11) is 0. The molecule has 6 nitrogen and oxygen atoms in total. The van der Waals surface area contributed by atoms with Crippen molar-refractivity contribution in [3.05, 3.63) is 33.9 Å². The van der Waals surface area contributed by atoms with Gasteiger partial charge in [-0.05, 0) is 64.0 Å². The van der Waals surface area contributed by atoms with Crippen molar-refractivity contribution in [3.8, 4) is 0 Å². The lowest BCUT2D eigenvalue weighted by Crippen LogP contribution is -2.39. The SMILES string of the molecule is CCC(CC)C1=CC(C)=NN(C(=C(/C)N)/C(SC(CC)N2CCCOCC2)=C(/N)F)C1C. The van der Waals surface area contributed by atoms with Crippen LogP contribution in [0.15, 0.2) is 39.0 Å². The van der Waals surface area contributed by atoms with Crippen LogP contribution in [0.4, 0.5) is 4.39 Å². The Labute approximate surface area is 198 Å².